The zero-order valence-electron chi connectivity index (χ0n) is 13.8. The minimum Gasteiger partial charge on any atom is -0.355 e. The number of aromatic nitrogens is 2. The number of carbonyl (C=O) groups excluding carboxylic acids is 2. The zero-order valence-corrected chi connectivity index (χ0v) is 14.7. The van der Waals surface area contributed by atoms with Crippen molar-refractivity contribution < 1.29 is 14.1 Å². The normalized spacial score (nSPS) is 14.0. The van der Waals surface area contributed by atoms with E-state index in [2.05, 4.69) is 15.5 Å². The van der Waals surface area contributed by atoms with Crippen LogP contribution in [0.3, 0.4) is 0 Å². The minimum absolute atomic E-state index is 0.108. The van der Waals surface area contributed by atoms with Crippen LogP contribution >= 0.6 is 11.3 Å². The molecule has 0 bridgehead atoms. The Morgan fingerprint density at radius 2 is 2.27 bits per heavy atom. The van der Waals surface area contributed by atoms with Crippen molar-refractivity contribution in [1.82, 2.24) is 15.5 Å². The molecule has 0 spiro atoms. The molecule has 0 aromatic carbocycles. The van der Waals surface area contributed by atoms with Crippen molar-refractivity contribution in [1.29, 1.82) is 0 Å². The molecule has 26 heavy (non-hydrogen) atoms. The molecular weight excluding hydrogens is 352 g/mol. The van der Waals surface area contributed by atoms with Crippen LogP contribution in [0.15, 0.2) is 46.6 Å². The lowest BCUT2D eigenvalue weighted by atomic mass is 10.2. The first kappa shape index (κ1) is 16.5. The van der Waals surface area contributed by atoms with Gasteiger partial charge in [-0.3, -0.25) is 14.6 Å². The van der Waals surface area contributed by atoms with E-state index in [1.807, 2.05) is 23.6 Å². The van der Waals surface area contributed by atoms with Crippen LogP contribution < -0.4 is 10.2 Å². The Bertz CT molecular complexity index is 936. The van der Waals surface area contributed by atoms with Gasteiger partial charge in [-0.05, 0) is 29.5 Å². The van der Waals surface area contributed by atoms with Gasteiger partial charge in [0.1, 0.15) is 0 Å². The quantitative estimate of drug-likeness (QED) is 0.748. The van der Waals surface area contributed by atoms with Gasteiger partial charge in [0.2, 0.25) is 5.91 Å². The van der Waals surface area contributed by atoms with Crippen LogP contribution in [0.4, 0.5) is 5.69 Å². The SMILES string of the molecule is O=C(NCc1cncc(N2CCCC2=O)c1)c1cc(-c2cccs2)on1. The van der Waals surface area contributed by atoms with Crippen molar-refractivity contribution in [2.45, 2.75) is 19.4 Å². The van der Waals surface area contributed by atoms with Gasteiger partial charge < -0.3 is 14.7 Å². The van der Waals surface area contributed by atoms with Gasteiger partial charge in [0.05, 0.1) is 16.8 Å². The lowest BCUT2D eigenvalue weighted by Crippen LogP contribution is -2.25. The predicted octanol–water partition coefficient (Wildman–Crippen LogP) is 2.85. The van der Waals surface area contributed by atoms with E-state index in [-0.39, 0.29) is 17.5 Å². The lowest BCUT2D eigenvalue weighted by molar-refractivity contribution is -0.117. The second kappa shape index (κ2) is 7.09. The van der Waals surface area contributed by atoms with Crippen molar-refractivity contribution in [3.05, 3.63) is 53.3 Å². The third-order valence-corrected chi connectivity index (χ3v) is 5.01. The highest BCUT2D eigenvalue weighted by Gasteiger charge is 2.22. The summed E-state index contributed by atoms with van der Waals surface area (Å²) in [5, 5.41) is 8.56. The van der Waals surface area contributed by atoms with Gasteiger partial charge >= 0.3 is 0 Å². The monoisotopic (exact) mass is 368 g/mol. The third-order valence-electron chi connectivity index (χ3n) is 4.13. The second-order valence-corrected chi connectivity index (χ2v) is 6.88. The molecular formula is C18H16N4O3S. The Balaban J connectivity index is 1.41. The Morgan fingerprint density at radius 3 is 3.04 bits per heavy atom. The van der Waals surface area contributed by atoms with E-state index in [9.17, 15) is 9.59 Å². The van der Waals surface area contributed by atoms with Crippen LogP contribution in [0.2, 0.25) is 0 Å². The summed E-state index contributed by atoms with van der Waals surface area (Å²) < 4.78 is 5.22. The van der Waals surface area contributed by atoms with Gasteiger partial charge in [-0.25, -0.2) is 0 Å². The molecule has 0 aliphatic carbocycles. The van der Waals surface area contributed by atoms with Crippen LogP contribution in [0.25, 0.3) is 10.6 Å². The first-order valence-corrected chi connectivity index (χ1v) is 9.12. The van der Waals surface area contributed by atoms with E-state index in [4.69, 9.17) is 4.52 Å². The molecule has 2 amide bonds. The highest BCUT2D eigenvalue weighted by Crippen LogP contribution is 2.25. The maximum atomic E-state index is 12.3. The van der Waals surface area contributed by atoms with Crippen LogP contribution in [0.1, 0.15) is 28.9 Å². The molecule has 0 atom stereocenters. The van der Waals surface area contributed by atoms with Crippen molar-refractivity contribution in [2.24, 2.45) is 0 Å². The summed E-state index contributed by atoms with van der Waals surface area (Å²) in [6.07, 6.45) is 4.77. The number of nitrogens with one attached hydrogen (secondary N) is 1. The summed E-state index contributed by atoms with van der Waals surface area (Å²) in [6.45, 7) is 1.00. The summed E-state index contributed by atoms with van der Waals surface area (Å²) in [6, 6.07) is 7.31. The summed E-state index contributed by atoms with van der Waals surface area (Å²) in [5.74, 6) is 0.359. The number of hydrogen-bond acceptors (Lipinski definition) is 6. The largest absolute Gasteiger partial charge is 0.355 e. The van der Waals surface area contributed by atoms with E-state index < -0.39 is 0 Å². The molecule has 0 unspecified atom stereocenters. The zero-order chi connectivity index (χ0) is 17.9. The number of hydrogen-bond donors (Lipinski definition) is 1. The molecule has 0 radical (unpaired) electrons. The molecule has 8 heteroatoms. The van der Waals surface area contributed by atoms with Crippen molar-refractivity contribution >= 4 is 28.8 Å². The fraction of sp³-hybridized carbons (Fsp3) is 0.222. The van der Waals surface area contributed by atoms with Crippen LogP contribution in [0.5, 0.6) is 0 Å². The third kappa shape index (κ3) is 3.36. The first-order chi connectivity index (χ1) is 12.7. The van der Waals surface area contributed by atoms with E-state index in [0.29, 0.717) is 25.3 Å². The molecule has 3 aromatic heterocycles. The standard InChI is InChI=1S/C18H16N4O3S/c23-17-4-1-5-22(17)13-7-12(9-19-11-13)10-20-18(24)14-8-15(25-21-14)16-3-2-6-26-16/h2-3,6-9,11H,1,4-5,10H2,(H,20,24). The summed E-state index contributed by atoms with van der Waals surface area (Å²) in [7, 11) is 0. The molecule has 4 rings (SSSR count). The summed E-state index contributed by atoms with van der Waals surface area (Å²) in [4.78, 5) is 30.9. The van der Waals surface area contributed by atoms with E-state index >= 15 is 0 Å². The predicted molar refractivity (Wildman–Crippen MR) is 96.8 cm³/mol. The summed E-state index contributed by atoms with van der Waals surface area (Å²) in [5.41, 5.74) is 1.81. The molecule has 1 aliphatic rings. The molecule has 4 heterocycles. The summed E-state index contributed by atoms with van der Waals surface area (Å²) >= 11 is 1.52. The van der Waals surface area contributed by atoms with Gasteiger partial charge in [-0.1, -0.05) is 11.2 Å². The average molecular weight is 368 g/mol. The van der Waals surface area contributed by atoms with E-state index in [1.165, 1.54) is 11.3 Å². The average Bonchev–Trinajstić information content (AvgIpc) is 3.40. The highest BCUT2D eigenvalue weighted by molar-refractivity contribution is 7.13. The number of thiophene rings is 1. The molecule has 7 nitrogen and oxygen atoms in total. The maximum absolute atomic E-state index is 12.3. The van der Waals surface area contributed by atoms with Gasteiger partial charge in [0, 0.05) is 31.8 Å². The Morgan fingerprint density at radius 1 is 1.35 bits per heavy atom. The fourth-order valence-electron chi connectivity index (χ4n) is 2.83. The number of amides is 2. The van der Waals surface area contributed by atoms with E-state index in [0.717, 1.165) is 22.5 Å². The van der Waals surface area contributed by atoms with Crippen molar-refractivity contribution in [3.63, 3.8) is 0 Å². The molecule has 1 N–H and O–H groups in total. The number of anilines is 1. The van der Waals surface area contributed by atoms with Crippen LogP contribution in [-0.4, -0.2) is 28.5 Å². The maximum Gasteiger partial charge on any atom is 0.273 e. The number of rotatable bonds is 5. The Hall–Kier alpha value is -3.00. The van der Waals surface area contributed by atoms with Gasteiger partial charge in [-0.15, -0.1) is 11.3 Å². The smallest absolute Gasteiger partial charge is 0.273 e. The fourth-order valence-corrected chi connectivity index (χ4v) is 3.50. The first-order valence-electron chi connectivity index (χ1n) is 8.24. The molecule has 3 aromatic rings. The molecule has 0 saturated carbocycles. The van der Waals surface area contributed by atoms with Crippen LogP contribution in [0, 0.1) is 0 Å². The Kier molecular flexibility index (Phi) is 4.49. The van der Waals surface area contributed by atoms with Crippen molar-refractivity contribution in [2.75, 3.05) is 11.4 Å². The molecule has 132 valence electrons. The van der Waals surface area contributed by atoms with Crippen LogP contribution in [-0.2, 0) is 11.3 Å². The number of pyridine rings is 1. The lowest BCUT2D eigenvalue weighted by Gasteiger charge is -2.16. The highest BCUT2D eigenvalue weighted by atomic mass is 32.1. The van der Waals surface area contributed by atoms with Gasteiger partial charge in [0.15, 0.2) is 11.5 Å². The topological polar surface area (TPSA) is 88.3 Å². The van der Waals surface area contributed by atoms with Gasteiger partial charge in [0.25, 0.3) is 5.91 Å². The minimum atomic E-state index is -0.320. The molecule has 1 saturated heterocycles. The van der Waals surface area contributed by atoms with E-state index in [1.54, 1.807) is 23.4 Å². The second-order valence-electron chi connectivity index (χ2n) is 5.94. The number of carbonyl (C=O) groups is 2. The Labute approximate surface area is 153 Å². The van der Waals surface area contributed by atoms with Crippen molar-refractivity contribution in [3.8, 4) is 10.6 Å². The molecule has 1 aliphatic heterocycles. The number of nitrogens with zero attached hydrogens (tertiary/aromatic N) is 3. The molecule has 1 fully saturated rings. The van der Waals surface area contributed by atoms with Gasteiger partial charge in [-0.2, -0.15) is 0 Å².